The monoisotopic (exact) mass is 223 g/mol. The fraction of sp³-hybridized carbons (Fsp3) is 0.417. The number of carbonyl (C=O) groups excluding carboxylic acids is 1. The predicted molar refractivity (Wildman–Crippen MR) is 61.4 cm³/mol. The van der Waals surface area contributed by atoms with Crippen LogP contribution in [0.2, 0.25) is 0 Å². The lowest BCUT2D eigenvalue weighted by molar-refractivity contribution is -0.118. The van der Waals surface area contributed by atoms with E-state index in [1.54, 1.807) is 12.1 Å². The minimum Gasteiger partial charge on any atom is -0.504 e. The standard InChI is InChI=1S/C12H17NO3/c1-2-16-11-8-9(6-7-10(11)14)4-3-5-12(13)15/h6-8,14H,2-5H2,1H3,(H2,13,15). The molecule has 88 valence electrons. The van der Waals surface area contributed by atoms with E-state index in [-0.39, 0.29) is 11.7 Å². The molecule has 0 unspecified atom stereocenters. The van der Waals surface area contributed by atoms with Crippen molar-refractivity contribution in [3.63, 3.8) is 0 Å². The van der Waals surface area contributed by atoms with E-state index in [2.05, 4.69) is 0 Å². The molecular formula is C12H17NO3. The third-order valence-corrected chi connectivity index (χ3v) is 2.21. The summed E-state index contributed by atoms with van der Waals surface area (Å²) in [4.78, 5) is 10.6. The average Bonchev–Trinajstić information content (AvgIpc) is 2.22. The predicted octanol–water partition coefficient (Wildman–Crippen LogP) is 1.60. The molecule has 0 atom stereocenters. The SMILES string of the molecule is CCOc1cc(CCCC(N)=O)ccc1O. The summed E-state index contributed by atoms with van der Waals surface area (Å²) in [7, 11) is 0. The van der Waals surface area contributed by atoms with Gasteiger partial charge in [-0.25, -0.2) is 0 Å². The molecule has 1 aromatic carbocycles. The van der Waals surface area contributed by atoms with Gasteiger partial charge in [0.25, 0.3) is 0 Å². The number of aryl methyl sites for hydroxylation is 1. The van der Waals surface area contributed by atoms with Gasteiger partial charge in [-0.3, -0.25) is 4.79 Å². The Balaban J connectivity index is 2.60. The Morgan fingerprint density at radius 2 is 2.25 bits per heavy atom. The first kappa shape index (κ1) is 12.4. The van der Waals surface area contributed by atoms with Gasteiger partial charge in [-0.2, -0.15) is 0 Å². The zero-order valence-corrected chi connectivity index (χ0v) is 9.40. The van der Waals surface area contributed by atoms with E-state index in [9.17, 15) is 9.90 Å². The highest BCUT2D eigenvalue weighted by molar-refractivity contribution is 5.73. The number of phenols is 1. The molecule has 0 saturated heterocycles. The molecule has 0 aliphatic heterocycles. The second-order valence-electron chi connectivity index (χ2n) is 3.55. The number of aromatic hydroxyl groups is 1. The molecule has 0 radical (unpaired) electrons. The lowest BCUT2D eigenvalue weighted by Crippen LogP contribution is -2.10. The number of phenolic OH excluding ortho intramolecular Hbond substituents is 1. The Morgan fingerprint density at radius 1 is 1.50 bits per heavy atom. The molecule has 16 heavy (non-hydrogen) atoms. The van der Waals surface area contributed by atoms with Gasteiger partial charge in [0.1, 0.15) is 0 Å². The van der Waals surface area contributed by atoms with Crippen LogP contribution in [0.25, 0.3) is 0 Å². The quantitative estimate of drug-likeness (QED) is 0.769. The van der Waals surface area contributed by atoms with Crippen LogP contribution in [0.4, 0.5) is 0 Å². The maximum Gasteiger partial charge on any atom is 0.217 e. The fourth-order valence-corrected chi connectivity index (χ4v) is 1.45. The third-order valence-electron chi connectivity index (χ3n) is 2.21. The minimum atomic E-state index is -0.288. The second kappa shape index (κ2) is 6.00. The summed E-state index contributed by atoms with van der Waals surface area (Å²) in [5, 5.41) is 9.48. The zero-order valence-electron chi connectivity index (χ0n) is 9.40. The number of benzene rings is 1. The molecule has 0 aromatic heterocycles. The highest BCUT2D eigenvalue weighted by atomic mass is 16.5. The van der Waals surface area contributed by atoms with E-state index in [1.165, 1.54) is 0 Å². The Morgan fingerprint density at radius 3 is 2.88 bits per heavy atom. The molecule has 1 amide bonds. The normalized spacial score (nSPS) is 10.1. The highest BCUT2D eigenvalue weighted by Crippen LogP contribution is 2.27. The van der Waals surface area contributed by atoms with Crippen LogP contribution < -0.4 is 10.5 Å². The lowest BCUT2D eigenvalue weighted by atomic mass is 10.1. The van der Waals surface area contributed by atoms with E-state index in [1.807, 2.05) is 13.0 Å². The Bertz CT molecular complexity index is 363. The maximum absolute atomic E-state index is 10.6. The molecule has 0 heterocycles. The van der Waals surface area contributed by atoms with Crippen molar-refractivity contribution in [2.45, 2.75) is 26.2 Å². The van der Waals surface area contributed by atoms with Gasteiger partial charge in [-0.1, -0.05) is 6.07 Å². The zero-order chi connectivity index (χ0) is 12.0. The van der Waals surface area contributed by atoms with Gasteiger partial charge < -0.3 is 15.6 Å². The number of hydrogen-bond acceptors (Lipinski definition) is 3. The van der Waals surface area contributed by atoms with Crippen LogP contribution in [-0.4, -0.2) is 17.6 Å². The van der Waals surface area contributed by atoms with Crippen molar-refractivity contribution in [1.82, 2.24) is 0 Å². The van der Waals surface area contributed by atoms with Gasteiger partial charge in [-0.15, -0.1) is 0 Å². The molecule has 3 N–H and O–H groups in total. The van der Waals surface area contributed by atoms with Crippen LogP contribution in [0, 0.1) is 0 Å². The third kappa shape index (κ3) is 3.81. The van der Waals surface area contributed by atoms with Crippen LogP contribution in [0.15, 0.2) is 18.2 Å². The van der Waals surface area contributed by atoms with E-state index in [4.69, 9.17) is 10.5 Å². The fourth-order valence-electron chi connectivity index (χ4n) is 1.45. The Labute approximate surface area is 95.0 Å². The number of rotatable bonds is 6. The topological polar surface area (TPSA) is 72.5 Å². The van der Waals surface area contributed by atoms with Crippen molar-refractivity contribution >= 4 is 5.91 Å². The summed E-state index contributed by atoms with van der Waals surface area (Å²) in [5.41, 5.74) is 6.08. The first-order valence-corrected chi connectivity index (χ1v) is 5.36. The average molecular weight is 223 g/mol. The van der Waals surface area contributed by atoms with Gasteiger partial charge in [-0.05, 0) is 37.5 Å². The Hall–Kier alpha value is -1.71. The molecule has 4 nitrogen and oxygen atoms in total. The van der Waals surface area contributed by atoms with Gasteiger partial charge in [0.15, 0.2) is 11.5 Å². The number of primary amides is 1. The van der Waals surface area contributed by atoms with Gasteiger partial charge in [0.2, 0.25) is 5.91 Å². The number of nitrogens with two attached hydrogens (primary N) is 1. The largest absolute Gasteiger partial charge is 0.504 e. The second-order valence-corrected chi connectivity index (χ2v) is 3.55. The van der Waals surface area contributed by atoms with E-state index < -0.39 is 0 Å². The molecule has 0 aliphatic carbocycles. The Kier molecular flexibility index (Phi) is 4.64. The van der Waals surface area contributed by atoms with Crippen LogP contribution in [0.1, 0.15) is 25.3 Å². The lowest BCUT2D eigenvalue weighted by Gasteiger charge is -2.07. The van der Waals surface area contributed by atoms with Crippen LogP contribution in [0.3, 0.4) is 0 Å². The van der Waals surface area contributed by atoms with E-state index in [0.29, 0.717) is 25.2 Å². The number of hydrogen-bond donors (Lipinski definition) is 2. The summed E-state index contributed by atoms with van der Waals surface area (Å²) in [5.74, 6) is 0.336. The van der Waals surface area contributed by atoms with Crippen molar-refractivity contribution in [3.8, 4) is 11.5 Å². The molecule has 4 heteroatoms. The summed E-state index contributed by atoms with van der Waals surface area (Å²) in [6.45, 7) is 2.37. The van der Waals surface area contributed by atoms with E-state index >= 15 is 0 Å². The molecular weight excluding hydrogens is 206 g/mol. The van der Waals surface area contributed by atoms with Crippen molar-refractivity contribution in [1.29, 1.82) is 0 Å². The first-order valence-electron chi connectivity index (χ1n) is 5.36. The van der Waals surface area contributed by atoms with Crippen LogP contribution >= 0.6 is 0 Å². The van der Waals surface area contributed by atoms with E-state index in [0.717, 1.165) is 12.0 Å². The van der Waals surface area contributed by atoms with Gasteiger partial charge in [0.05, 0.1) is 6.61 Å². The smallest absolute Gasteiger partial charge is 0.217 e. The summed E-state index contributed by atoms with van der Waals surface area (Å²) in [6, 6.07) is 5.21. The van der Waals surface area contributed by atoms with Crippen LogP contribution in [0.5, 0.6) is 11.5 Å². The summed E-state index contributed by atoms with van der Waals surface area (Å²) < 4.78 is 5.26. The number of carbonyl (C=O) groups is 1. The minimum absolute atomic E-state index is 0.139. The number of amides is 1. The van der Waals surface area contributed by atoms with Crippen LogP contribution in [-0.2, 0) is 11.2 Å². The molecule has 0 fully saturated rings. The van der Waals surface area contributed by atoms with Crippen molar-refractivity contribution in [3.05, 3.63) is 23.8 Å². The summed E-state index contributed by atoms with van der Waals surface area (Å²) >= 11 is 0. The molecule has 0 spiro atoms. The summed E-state index contributed by atoms with van der Waals surface area (Å²) in [6.07, 6.45) is 1.85. The van der Waals surface area contributed by atoms with Gasteiger partial charge >= 0.3 is 0 Å². The molecule has 1 rings (SSSR count). The number of ether oxygens (including phenoxy) is 1. The van der Waals surface area contributed by atoms with Crippen molar-refractivity contribution < 1.29 is 14.6 Å². The molecule has 0 aliphatic rings. The first-order chi connectivity index (χ1) is 7.63. The van der Waals surface area contributed by atoms with Gasteiger partial charge in [0, 0.05) is 6.42 Å². The van der Waals surface area contributed by atoms with Crippen molar-refractivity contribution in [2.75, 3.05) is 6.61 Å². The molecule has 0 saturated carbocycles. The highest BCUT2D eigenvalue weighted by Gasteiger charge is 2.04. The van der Waals surface area contributed by atoms with Crippen molar-refractivity contribution in [2.24, 2.45) is 5.73 Å². The molecule has 0 bridgehead atoms. The molecule has 1 aromatic rings. The maximum atomic E-state index is 10.6.